The Kier molecular flexibility index (Phi) is 6.46. The normalized spacial score (nSPS) is 12.1. The number of rotatable bonds is 5. The average molecular weight is 260 g/mol. The monoisotopic (exact) mass is 260 g/mol. The lowest BCUT2D eigenvalue weighted by atomic mass is 10.2. The standard InChI is InChI=1S/C14H20N4O/c1-12(13-7-5-6-8-16-13)11-17-14(15-2)19-10-9-18(3)4/h5-8,11H,1,9-10H2,2-4H3/b15-14+,17-11-. The number of aromatic nitrogens is 1. The van der Waals surface area contributed by atoms with Crippen LogP contribution in [-0.2, 0) is 4.74 Å². The Morgan fingerprint density at radius 2 is 2.26 bits per heavy atom. The molecule has 19 heavy (non-hydrogen) atoms. The molecule has 0 atom stereocenters. The molecule has 0 saturated heterocycles. The van der Waals surface area contributed by atoms with Crippen LogP contribution in [0.1, 0.15) is 5.69 Å². The van der Waals surface area contributed by atoms with Gasteiger partial charge >= 0.3 is 6.02 Å². The van der Waals surface area contributed by atoms with Crippen molar-refractivity contribution in [3.05, 3.63) is 36.7 Å². The highest BCUT2D eigenvalue weighted by molar-refractivity contribution is 6.11. The molecule has 1 aromatic rings. The number of nitrogens with zero attached hydrogens (tertiary/aromatic N) is 4. The van der Waals surface area contributed by atoms with Gasteiger partial charge in [0.2, 0.25) is 0 Å². The minimum Gasteiger partial charge on any atom is -0.462 e. The third-order valence-electron chi connectivity index (χ3n) is 2.29. The summed E-state index contributed by atoms with van der Waals surface area (Å²) in [5, 5.41) is 0. The van der Waals surface area contributed by atoms with Gasteiger partial charge in [0.1, 0.15) is 6.61 Å². The van der Waals surface area contributed by atoms with Gasteiger partial charge in [0.05, 0.1) is 5.69 Å². The lowest BCUT2D eigenvalue weighted by Crippen LogP contribution is -2.19. The van der Waals surface area contributed by atoms with E-state index in [2.05, 4.69) is 21.5 Å². The first kappa shape index (κ1) is 15.0. The minimum atomic E-state index is 0.346. The lowest BCUT2D eigenvalue weighted by Gasteiger charge is -2.09. The first-order chi connectivity index (χ1) is 9.13. The number of amidine groups is 1. The van der Waals surface area contributed by atoms with Crippen LogP contribution in [0, 0.1) is 0 Å². The van der Waals surface area contributed by atoms with E-state index in [4.69, 9.17) is 4.74 Å². The molecule has 0 aromatic carbocycles. The highest BCUT2D eigenvalue weighted by Crippen LogP contribution is 2.05. The van der Waals surface area contributed by atoms with E-state index in [1.807, 2.05) is 37.2 Å². The Hall–Kier alpha value is -2.01. The Balaban J connectivity index is 2.52. The van der Waals surface area contributed by atoms with Gasteiger partial charge in [-0.3, -0.25) is 4.98 Å². The second kappa shape index (κ2) is 8.16. The number of aliphatic imine (C=N–C) groups is 2. The van der Waals surface area contributed by atoms with Gasteiger partial charge in [0.25, 0.3) is 0 Å². The van der Waals surface area contributed by atoms with Crippen molar-refractivity contribution < 1.29 is 4.74 Å². The van der Waals surface area contributed by atoms with Gasteiger partial charge in [-0.05, 0) is 26.2 Å². The van der Waals surface area contributed by atoms with Gasteiger partial charge in [0, 0.05) is 31.6 Å². The number of likely N-dealkylation sites (N-methyl/N-ethyl adjacent to an activating group) is 1. The highest BCUT2D eigenvalue weighted by Gasteiger charge is 1.99. The topological polar surface area (TPSA) is 50.1 Å². The van der Waals surface area contributed by atoms with Crippen LogP contribution in [0.25, 0.3) is 5.57 Å². The second-order valence-corrected chi connectivity index (χ2v) is 4.16. The molecular formula is C14H20N4O. The highest BCUT2D eigenvalue weighted by atomic mass is 16.5. The maximum atomic E-state index is 5.44. The lowest BCUT2D eigenvalue weighted by molar-refractivity contribution is 0.248. The molecule has 5 nitrogen and oxygen atoms in total. The summed E-state index contributed by atoms with van der Waals surface area (Å²) in [5.41, 5.74) is 1.51. The summed E-state index contributed by atoms with van der Waals surface area (Å²) >= 11 is 0. The number of hydrogen-bond donors (Lipinski definition) is 0. The SMILES string of the molecule is C=C(/C=N\C(=N/C)OCCN(C)C)c1ccccn1. The molecule has 0 spiro atoms. The molecule has 0 aliphatic heterocycles. The van der Waals surface area contributed by atoms with Crippen LogP contribution in [0.15, 0.2) is 41.0 Å². The van der Waals surface area contributed by atoms with E-state index in [1.165, 1.54) is 0 Å². The Labute approximate surface area is 114 Å². The number of ether oxygens (including phenoxy) is 1. The van der Waals surface area contributed by atoms with Crippen molar-refractivity contribution >= 4 is 17.8 Å². The van der Waals surface area contributed by atoms with Crippen molar-refractivity contribution in [2.45, 2.75) is 0 Å². The summed E-state index contributed by atoms with van der Waals surface area (Å²) in [5.74, 6) is 0. The Morgan fingerprint density at radius 1 is 1.47 bits per heavy atom. The van der Waals surface area contributed by atoms with Crippen LogP contribution < -0.4 is 0 Å². The molecule has 0 fully saturated rings. The van der Waals surface area contributed by atoms with E-state index in [9.17, 15) is 0 Å². The number of pyridine rings is 1. The Morgan fingerprint density at radius 3 is 2.84 bits per heavy atom. The van der Waals surface area contributed by atoms with E-state index in [-0.39, 0.29) is 0 Å². The quantitative estimate of drug-likeness (QED) is 0.598. The summed E-state index contributed by atoms with van der Waals surface area (Å²) in [4.78, 5) is 14.3. The maximum absolute atomic E-state index is 5.44. The summed E-state index contributed by atoms with van der Waals surface area (Å²) < 4.78 is 5.44. The molecule has 0 N–H and O–H groups in total. The molecule has 0 radical (unpaired) electrons. The van der Waals surface area contributed by atoms with Crippen molar-refractivity contribution in [1.82, 2.24) is 9.88 Å². The predicted octanol–water partition coefficient (Wildman–Crippen LogP) is 1.73. The fraction of sp³-hybridized carbons (Fsp3) is 0.357. The summed E-state index contributed by atoms with van der Waals surface area (Å²) in [6.07, 6.45) is 3.33. The van der Waals surface area contributed by atoms with Gasteiger partial charge in [0.15, 0.2) is 0 Å². The van der Waals surface area contributed by atoms with Gasteiger partial charge in [-0.25, -0.2) is 9.98 Å². The number of hydrogen-bond acceptors (Lipinski definition) is 4. The molecule has 0 aliphatic carbocycles. The maximum Gasteiger partial charge on any atom is 0.311 e. The van der Waals surface area contributed by atoms with Crippen LogP contribution in [0.4, 0.5) is 0 Å². The van der Waals surface area contributed by atoms with Gasteiger partial charge in [-0.2, -0.15) is 0 Å². The molecule has 1 heterocycles. The van der Waals surface area contributed by atoms with Crippen LogP contribution in [0.2, 0.25) is 0 Å². The first-order valence-corrected chi connectivity index (χ1v) is 6.02. The fourth-order valence-corrected chi connectivity index (χ4v) is 1.23. The van der Waals surface area contributed by atoms with E-state index in [0.717, 1.165) is 17.8 Å². The summed E-state index contributed by atoms with van der Waals surface area (Å²) in [6, 6.07) is 5.99. The van der Waals surface area contributed by atoms with Crippen molar-refractivity contribution in [3.8, 4) is 0 Å². The molecule has 102 valence electrons. The van der Waals surface area contributed by atoms with E-state index < -0.39 is 0 Å². The summed E-state index contributed by atoms with van der Waals surface area (Å²) in [6.45, 7) is 5.27. The van der Waals surface area contributed by atoms with Crippen LogP contribution in [0.5, 0.6) is 0 Å². The zero-order valence-corrected chi connectivity index (χ0v) is 11.7. The van der Waals surface area contributed by atoms with Crippen molar-refractivity contribution in [1.29, 1.82) is 0 Å². The molecule has 1 rings (SSSR count). The fourth-order valence-electron chi connectivity index (χ4n) is 1.23. The van der Waals surface area contributed by atoms with E-state index >= 15 is 0 Å². The smallest absolute Gasteiger partial charge is 0.311 e. The molecule has 0 aliphatic rings. The second-order valence-electron chi connectivity index (χ2n) is 4.16. The van der Waals surface area contributed by atoms with Gasteiger partial charge in [-0.15, -0.1) is 0 Å². The molecule has 5 heteroatoms. The first-order valence-electron chi connectivity index (χ1n) is 6.02. The molecule has 0 saturated carbocycles. The van der Waals surface area contributed by atoms with Gasteiger partial charge in [-0.1, -0.05) is 12.6 Å². The third kappa shape index (κ3) is 5.92. The Bertz CT molecular complexity index is 452. The third-order valence-corrected chi connectivity index (χ3v) is 2.29. The largest absolute Gasteiger partial charge is 0.462 e. The molecule has 0 bridgehead atoms. The molecular weight excluding hydrogens is 240 g/mol. The van der Waals surface area contributed by atoms with Crippen LogP contribution >= 0.6 is 0 Å². The molecule has 1 aromatic heterocycles. The van der Waals surface area contributed by atoms with E-state index in [1.54, 1.807) is 19.5 Å². The molecule has 0 amide bonds. The van der Waals surface area contributed by atoms with Crippen LogP contribution in [0.3, 0.4) is 0 Å². The van der Waals surface area contributed by atoms with Crippen molar-refractivity contribution in [2.24, 2.45) is 9.98 Å². The predicted molar refractivity (Wildman–Crippen MR) is 79.6 cm³/mol. The summed E-state index contributed by atoms with van der Waals surface area (Å²) in [7, 11) is 5.61. The molecule has 0 unspecified atom stereocenters. The van der Waals surface area contributed by atoms with E-state index in [0.29, 0.717) is 12.6 Å². The van der Waals surface area contributed by atoms with Crippen molar-refractivity contribution in [3.63, 3.8) is 0 Å². The van der Waals surface area contributed by atoms with Crippen molar-refractivity contribution in [2.75, 3.05) is 34.3 Å². The zero-order valence-electron chi connectivity index (χ0n) is 11.7. The minimum absolute atomic E-state index is 0.346. The number of allylic oxidation sites excluding steroid dienone is 1. The average Bonchev–Trinajstić information content (AvgIpc) is 2.42. The van der Waals surface area contributed by atoms with Crippen LogP contribution in [-0.4, -0.2) is 56.4 Å². The zero-order chi connectivity index (χ0) is 14.1. The van der Waals surface area contributed by atoms with Gasteiger partial charge < -0.3 is 9.64 Å².